The van der Waals surface area contributed by atoms with Gasteiger partial charge in [0.15, 0.2) is 0 Å². The van der Waals surface area contributed by atoms with Crippen molar-refractivity contribution in [2.45, 2.75) is 46.3 Å². The Morgan fingerprint density at radius 3 is 2.56 bits per heavy atom. The fourth-order valence-corrected chi connectivity index (χ4v) is 3.08. The molecule has 0 radical (unpaired) electrons. The molecule has 1 aromatic rings. The molecule has 0 spiro atoms. The summed E-state index contributed by atoms with van der Waals surface area (Å²) in [5.74, 6) is -0.324. The minimum Gasteiger partial charge on any atom is -0.462 e. The van der Waals surface area contributed by atoms with Crippen molar-refractivity contribution in [3.63, 3.8) is 0 Å². The highest BCUT2D eigenvalue weighted by Crippen LogP contribution is 2.33. The number of nitrogens with zero attached hydrogens (tertiary/aromatic N) is 1. The van der Waals surface area contributed by atoms with E-state index in [4.69, 9.17) is 9.47 Å². The van der Waals surface area contributed by atoms with Gasteiger partial charge in [0.25, 0.3) is 0 Å². The molecule has 1 aliphatic heterocycles. The van der Waals surface area contributed by atoms with Crippen molar-refractivity contribution in [3.8, 4) is 0 Å². The molecule has 0 saturated heterocycles. The van der Waals surface area contributed by atoms with E-state index < -0.39 is 0 Å². The largest absolute Gasteiger partial charge is 0.462 e. The highest BCUT2D eigenvalue weighted by molar-refractivity contribution is 5.94. The van der Waals surface area contributed by atoms with E-state index in [-0.39, 0.29) is 12.1 Å². The number of allylic oxidation sites excluding steroid dienone is 1. The molecule has 1 heterocycles. The van der Waals surface area contributed by atoms with Crippen LogP contribution in [-0.2, 0) is 20.9 Å². The summed E-state index contributed by atoms with van der Waals surface area (Å²) < 4.78 is 11.6. The van der Waals surface area contributed by atoms with Gasteiger partial charge in [0, 0.05) is 11.9 Å². The summed E-state index contributed by atoms with van der Waals surface area (Å²) in [6, 6.07) is 10.0. The molecule has 0 saturated carbocycles. The highest BCUT2D eigenvalue weighted by atomic mass is 16.5. The molecule has 1 aliphatic rings. The summed E-state index contributed by atoms with van der Waals surface area (Å²) in [4.78, 5) is 14.4. The van der Waals surface area contributed by atoms with Crippen molar-refractivity contribution in [2.75, 3.05) is 6.61 Å². The molecule has 0 fully saturated rings. The smallest absolute Gasteiger partial charge is 0.338 e. The molecule has 4 heteroatoms. The van der Waals surface area contributed by atoms with Gasteiger partial charge in [-0.15, -0.1) is 0 Å². The van der Waals surface area contributed by atoms with Gasteiger partial charge in [-0.3, -0.25) is 0 Å². The van der Waals surface area contributed by atoms with Crippen LogP contribution in [0.3, 0.4) is 0 Å². The molecule has 2 rings (SSSR count). The van der Waals surface area contributed by atoms with Crippen LogP contribution in [0.1, 0.15) is 39.2 Å². The lowest BCUT2D eigenvalue weighted by Gasteiger charge is -2.35. The molecule has 0 bridgehead atoms. The lowest BCUT2D eigenvalue weighted by Crippen LogP contribution is -2.32. The normalized spacial score (nSPS) is 15.4. The first-order chi connectivity index (χ1) is 13.0. The lowest BCUT2D eigenvalue weighted by atomic mass is 9.95. The van der Waals surface area contributed by atoms with Crippen LogP contribution in [0.15, 0.2) is 78.3 Å². The Kier molecular flexibility index (Phi) is 7.62. The molecule has 27 heavy (non-hydrogen) atoms. The van der Waals surface area contributed by atoms with Crippen LogP contribution in [0.2, 0.25) is 0 Å². The maximum atomic E-state index is 12.5. The Hall–Kier alpha value is -2.59. The summed E-state index contributed by atoms with van der Waals surface area (Å²) >= 11 is 0. The molecule has 1 aromatic carbocycles. The number of rotatable bonds is 9. The number of ether oxygens (including phenoxy) is 2. The third-order valence-corrected chi connectivity index (χ3v) is 4.48. The van der Waals surface area contributed by atoms with Crippen molar-refractivity contribution in [3.05, 3.63) is 83.9 Å². The van der Waals surface area contributed by atoms with Crippen LogP contribution in [0.5, 0.6) is 0 Å². The van der Waals surface area contributed by atoms with Gasteiger partial charge >= 0.3 is 5.97 Å². The first-order valence-electron chi connectivity index (χ1n) is 9.39. The van der Waals surface area contributed by atoms with Gasteiger partial charge in [-0.2, -0.15) is 0 Å². The van der Waals surface area contributed by atoms with Crippen LogP contribution in [0.25, 0.3) is 0 Å². The summed E-state index contributed by atoms with van der Waals surface area (Å²) in [5, 5.41) is 0. The first-order valence-corrected chi connectivity index (χ1v) is 9.39. The Labute approximate surface area is 162 Å². The summed E-state index contributed by atoms with van der Waals surface area (Å²) in [6.07, 6.45) is 4.81. The summed E-state index contributed by atoms with van der Waals surface area (Å²) in [5.41, 5.74) is 4.04. The van der Waals surface area contributed by atoms with Crippen LogP contribution in [-0.4, -0.2) is 23.6 Å². The molecule has 144 valence electrons. The molecule has 0 amide bonds. The number of esters is 1. The molecule has 0 aliphatic carbocycles. The SMILES string of the molecule is C=CN1C(=C)C=C(C(=O)OCCC)C(C)=C1C(CC)OCc1ccccc1. The number of hydrogen-bond acceptors (Lipinski definition) is 4. The zero-order valence-electron chi connectivity index (χ0n) is 16.5. The summed E-state index contributed by atoms with van der Waals surface area (Å²) in [7, 11) is 0. The van der Waals surface area contributed by atoms with Gasteiger partial charge in [-0.1, -0.05) is 57.3 Å². The van der Waals surface area contributed by atoms with Crippen molar-refractivity contribution in [1.29, 1.82) is 0 Å². The van der Waals surface area contributed by atoms with Crippen LogP contribution in [0.4, 0.5) is 0 Å². The van der Waals surface area contributed by atoms with Crippen molar-refractivity contribution < 1.29 is 14.3 Å². The zero-order valence-corrected chi connectivity index (χ0v) is 16.5. The van der Waals surface area contributed by atoms with E-state index in [1.54, 1.807) is 12.3 Å². The van der Waals surface area contributed by atoms with Gasteiger partial charge in [0.1, 0.15) is 0 Å². The Bertz CT molecular complexity index is 746. The molecule has 1 atom stereocenters. The van der Waals surface area contributed by atoms with Crippen LogP contribution < -0.4 is 0 Å². The second-order valence-electron chi connectivity index (χ2n) is 6.44. The van der Waals surface area contributed by atoms with Crippen molar-refractivity contribution in [2.24, 2.45) is 0 Å². The van der Waals surface area contributed by atoms with E-state index in [2.05, 4.69) is 20.1 Å². The Balaban J connectivity index is 2.31. The van der Waals surface area contributed by atoms with E-state index in [0.29, 0.717) is 24.5 Å². The molecule has 4 nitrogen and oxygen atoms in total. The molecular formula is C23H29NO3. The average molecular weight is 367 g/mol. The lowest BCUT2D eigenvalue weighted by molar-refractivity contribution is -0.138. The quantitative estimate of drug-likeness (QED) is 0.569. The molecular weight excluding hydrogens is 338 g/mol. The van der Waals surface area contributed by atoms with Crippen molar-refractivity contribution in [1.82, 2.24) is 4.90 Å². The minimum absolute atomic E-state index is 0.192. The fourth-order valence-electron chi connectivity index (χ4n) is 3.08. The summed E-state index contributed by atoms with van der Waals surface area (Å²) in [6.45, 7) is 14.8. The second kappa shape index (κ2) is 9.93. The third kappa shape index (κ3) is 4.98. The number of hydrogen-bond donors (Lipinski definition) is 0. The van der Waals surface area contributed by atoms with Gasteiger partial charge in [0.05, 0.1) is 30.6 Å². The van der Waals surface area contributed by atoms with E-state index in [9.17, 15) is 4.79 Å². The fraction of sp³-hybridized carbons (Fsp3) is 0.348. The molecule has 0 aromatic heterocycles. The van der Waals surface area contributed by atoms with E-state index in [1.165, 1.54) is 0 Å². The van der Waals surface area contributed by atoms with Crippen LogP contribution in [0, 0.1) is 0 Å². The maximum Gasteiger partial charge on any atom is 0.338 e. The monoisotopic (exact) mass is 367 g/mol. The topological polar surface area (TPSA) is 38.8 Å². The van der Waals surface area contributed by atoms with Gasteiger partial charge < -0.3 is 14.4 Å². The van der Waals surface area contributed by atoms with E-state index in [1.807, 2.05) is 49.1 Å². The Morgan fingerprint density at radius 2 is 1.96 bits per heavy atom. The van der Waals surface area contributed by atoms with Crippen molar-refractivity contribution >= 4 is 5.97 Å². The van der Waals surface area contributed by atoms with E-state index in [0.717, 1.165) is 29.7 Å². The van der Waals surface area contributed by atoms with Crippen LogP contribution >= 0.6 is 0 Å². The molecule has 1 unspecified atom stereocenters. The van der Waals surface area contributed by atoms with Gasteiger partial charge in [-0.25, -0.2) is 4.79 Å². The maximum absolute atomic E-state index is 12.5. The predicted octanol–water partition coefficient (Wildman–Crippen LogP) is 5.11. The second-order valence-corrected chi connectivity index (χ2v) is 6.44. The predicted molar refractivity (Wildman–Crippen MR) is 109 cm³/mol. The first kappa shape index (κ1) is 20.7. The highest BCUT2D eigenvalue weighted by Gasteiger charge is 2.30. The number of benzene rings is 1. The molecule has 0 N–H and O–H groups in total. The van der Waals surface area contributed by atoms with Gasteiger partial charge in [0.2, 0.25) is 0 Å². The average Bonchev–Trinajstić information content (AvgIpc) is 2.69. The van der Waals surface area contributed by atoms with E-state index >= 15 is 0 Å². The zero-order chi connectivity index (χ0) is 19.8. The van der Waals surface area contributed by atoms with Gasteiger partial charge in [-0.05, 0) is 37.0 Å². The minimum atomic E-state index is -0.324. The Morgan fingerprint density at radius 1 is 1.26 bits per heavy atom. The standard InChI is InChI=1S/C23H29NO3/c1-6-14-26-23(25)20-15-17(4)24(8-3)22(18(20)5)21(7-2)27-16-19-12-10-9-11-13-19/h8-13,15,21H,3-4,6-7,14,16H2,1-2,5H3. The third-order valence-electron chi connectivity index (χ3n) is 4.48. The number of carbonyl (C=O) groups is 1. The number of carbonyl (C=O) groups excluding carboxylic acids is 1.